The number of hydrogen-bond donors (Lipinski definition) is 1. The molecule has 1 aliphatic carbocycles. The summed E-state index contributed by atoms with van der Waals surface area (Å²) < 4.78 is 37.6. The fourth-order valence-electron chi connectivity index (χ4n) is 2.73. The third kappa shape index (κ3) is 3.75. The monoisotopic (exact) mass is 285 g/mol. The minimum Gasteiger partial charge on any atom is -0.316 e. The molecule has 0 spiro atoms. The van der Waals surface area contributed by atoms with E-state index in [1.54, 1.807) is 12.1 Å². The van der Waals surface area contributed by atoms with Gasteiger partial charge in [-0.2, -0.15) is 13.2 Å². The number of alkyl halides is 3. The number of rotatable bonds is 5. The summed E-state index contributed by atoms with van der Waals surface area (Å²) >= 11 is 0. The first kappa shape index (κ1) is 15.4. The van der Waals surface area contributed by atoms with E-state index in [2.05, 4.69) is 19.2 Å². The molecule has 20 heavy (non-hydrogen) atoms. The van der Waals surface area contributed by atoms with Crippen LogP contribution in [-0.2, 0) is 6.18 Å². The van der Waals surface area contributed by atoms with Gasteiger partial charge in [0.25, 0.3) is 0 Å². The van der Waals surface area contributed by atoms with Crippen LogP contribution in [-0.4, -0.2) is 13.1 Å². The molecule has 2 atom stereocenters. The van der Waals surface area contributed by atoms with Crippen molar-refractivity contribution in [2.45, 2.75) is 38.8 Å². The summed E-state index contributed by atoms with van der Waals surface area (Å²) in [7, 11) is 0. The van der Waals surface area contributed by atoms with Crippen LogP contribution in [0.4, 0.5) is 13.2 Å². The van der Waals surface area contributed by atoms with Crippen LogP contribution in [0.2, 0.25) is 0 Å². The predicted octanol–water partition coefficient (Wildman–Crippen LogP) is 4.44. The Kier molecular flexibility index (Phi) is 4.74. The Bertz CT molecular complexity index is 422. The minimum absolute atomic E-state index is 0.414. The maximum absolute atomic E-state index is 12.5. The van der Waals surface area contributed by atoms with Crippen LogP contribution in [0.5, 0.6) is 0 Å². The second-order valence-electron chi connectivity index (χ2n) is 6.12. The van der Waals surface area contributed by atoms with E-state index in [9.17, 15) is 13.2 Å². The summed E-state index contributed by atoms with van der Waals surface area (Å²) in [6.45, 7) is 6.29. The molecule has 0 heterocycles. The van der Waals surface area contributed by atoms with E-state index in [1.165, 1.54) is 12.1 Å². The fourth-order valence-corrected chi connectivity index (χ4v) is 2.73. The van der Waals surface area contributed by atoms with Crippen molar-refractivity contribution in [3.8, 4) is 0 Å². The maximum Gasteiger partial charge on any atom is 0.416 e. The smallest absolute Gasteiger partial charge is 0.316 e. The molecule has 1 fully saturated rings. The van der Waals surface area contributed by atoms with Crippen LogP contribution in [0.25, 0.3) is 0 Å². The van der Waals surface area contributed by atoms with E-state index in [-0.39, 0.29) is 0 Å². The minimum atomic E-state index is -4.24. The van der Waals surface area contributed by atoms with Crippen molar-refractivity contribution in [3.05, 3.63) is 35.4 Å². The Morgan fingerprint density at radius 2 is 1.80 bits per heavy atom. The average molecular weight is 285 g/mol. The summed E-state index contributed by atoms with van der Waals surface area (Å²) in [5, 5.41) is 3.44. The summed E-state index contributed by atoms with van der Waals surface area (Å²) in [6, 6.07) is 5.68. The summed E-state index contributed by atoms with van der Waals surface area (Å²) in [5.74, 6) is 1.60. The van der Waals surface area contributed by atoms with Gasteiger partial charge in [0, 0.05) is 0 Å². The van der Waals surface area contributed by atoms with Gasteiger partial charge in [0.15, 0.2) is 0 Å². The normalized spacial score (nSPS) is 22.9. The van der Waals surface area contributed by atoms with Gasteiger partial charge in [-0.3, -0.25) is 0 Å². The molecule has 1 aromatic carbocycles. The van der Waals surface area contributed by atoms with E-state index >= 15 is 0 Å². The van der Waals surface area contributed by atoms with E-state index < -0.39 is 11.7 Å². The third-order valence-electron chi connectivity index (χ3n) is 4.04. The molecule has 4 heteroatoms. The summed E-state index contributed by atoms with van der Waals surface area (Å²) in [6.07, 6.45) is -1.99. The van der Waals surface area contributed by atoms with E-state index in [0.717, 1.165) is 31.5 Å². The molecule has 2 rings (SSSR count). The zero-order valence-electron chi connectivity index (χ0n) is 12.0. The van der Waals surface area contributed by atoms with Gasteiger partial charge in [0.1, 0.15) is 0 Å². The van der Waals surface area contributed by atoms with Gasteiger partial charge >= 0.3 is 6.18 Å². The highest BCUT2D eigenvalue weighted by Crippen LogP contribution is 2.42. The number of halogens is 3. The highest BCUT2D eigenvalue weighted by Gasteiger charge is 2.33. The van der Waals surface area contributed by atoms with Gasteiger partial charge in [-0.15, -0.1) is 0 Å². The number of benzene rings is 1. The van der Waals surface area contributed by atoms with Crippen LogP contribution in [0.1, 0.15) is 43.7 Å². The number of nitrogens with one attached hydrogen (secondary N) is 1. The second kappa shape index (κ2) is 6.17. The highest BCUT2D eigenvalue weighted by molar-refractivity contribution is 5.29. The van der Waals surface area contributed by atoms with Crippen molar-refractivity contribution in [1.82, 2.24) is 5.32 Å². The standard InChI is InChI=1S/C16H22F3N/c1-11(2)9-20-10-13-5-8-15(13)12-3-6-14(7-4-12)16(17,18)19/h3-4,6-7,11,13,15,20H,5,8-10H2,1-2H3. The molecule has 1 saturated carbocycles. The zero-order chi connectivity index (χ0) is 14.8. The first-order valence-corrected chi connectivity index (χ1v) is 7.26. The van der Waals surface area contributed by atoms with Gasteiger partial charge in [0.05, 0.1) is 5.56 Å². The molecular weight excluding hydrogens is 263 g/mol. The van der Waals surface area contributed by atoms with Crippen molar-refractivity contribution >= 4 is 0 Å². The van der Waals surface area contributed by atoms with Crippen LogP contribution in [0, 0.1) is 11.8 Å². The van der Waals surface area contributed by atoms with Crippen LogP contribution >= 0.6 is 0 Å². The Hall–Kier alpha value is -1.03. The lowest BCUT2D eigenvalue weighted by Crippen LogP contribution is -2.35. The van der Waals surface area contributed by atoms with Gasteiger partial charge in [-0.25, -0.2) is 0 Å². The average Bonchev–Trinajstić information content (AvgIpc) is 2.32. The Morgan fingerprint density at radius 1 is 1.15 bits per heavy atom. The topological polar surface area (TPSA) is 12.0 Å². The summed E-state index contributed by atoms with van der Waals surface area (Å²) in [4.78, 5) is 0. The molecule has 1 aromatic rings. The lowest BCUT2D eigenvalue weighted by Gasteiger charge is -2.37. The van der Waals surface area contributed by atoms with Crippen molar-refractivity contribution in [2.75, 3.05) is 13.1 Å². The first-order chi connectivity index (χ1) is 9.38. The Labute approximate surface area is 118 Å². The maximum atomic E-state index is 12.5. The van der Waals surface area contributed by atoms with Crippen molar-refractivity contribution < 1.29 is 13.2 Å². The molecule has 1 N–H and O–H groups in total. The molecule has 0 bridgehead atoms. The van der Waals surface area contributed by atoms with Crippen molar-refractivity contribution in [3.63, 3.8) is 0 Å². The largest absolute Gasteiger partial charge is 0.416 e. The molecule has 112 valence electrons. The fraction of sp³-hybridized carbons (Fsp3) is 0.625. The predicted molar refractivity (Wildman–Crippen MR) is 74.6 cm³/mol. The van der Waals surface area contributed by atoms with E-state index in [0.29, 0.717) is 17.8 Å². The third-order valence-corrected chi connectivity index (χ3v) is 4.04. The molecule has 1 nitrogen and oxygen atoms in total. The zero-order valence-corrected chi connectivity index (χ0v) is 12.0. The Morgan fingerprint density at radius 3 is 2.25 bits per heavy atom. The SMILES string of the molecule is CC(C)CNCC1CCC1c1ccc(C(F)(F)F)cc1. The molecule has 2 unspecified atom stereocenters. The lowest BCUT2D eigenvalue weighted by atomic mass is 9.70. The molecule has 0 aliphatic heterocycles. The molecule has 0 amide bonds. The quantitative estimate of drug-likeness (QED) is 0.843. The second-order valence-corrected chi connectivity index (χ2v) is 6.12. The molecular formula is C16H22F3N. The van der Waals surface area contributed by atoms with Crippen LogP contribution in [0.15, 0.2) is 24.3 Å². The van der Waals surface area contributed by atoms with Crippen molar-refractivity contribution in [1.29, 1.82) is 0 Å². The van der Waals surface area contributed by atoms with Gasteiger partial charge < -0.3 is 5.32 Å². The van der Waals surface area contributed by atoms with Gasteiger partial charge in [0.2, 0.25) is 0 Å². The van der Waals surface area contributed by atoms with E-state index in [4.69, 9.17) is 0 Å². The molecule has 0 saturated heterocycles. The molecule has 0 aromatic heterocycles. The summed E-state index contributed by atoms with van der Waals surface area (Å²) in [5.41, 5.74) is 0.482. The van der Waals surface area contributed by atoms with Crippen molar-refractivity contribution in [2.24, 2.45) is 11.8 Å². The molecule has 1 aliphatic rings. The number of hydrogen-bond acceptors (Lipinski definition) is 1. The van der Waals surface area contributed by atoms with Gasteiger partial charge in [-0.1, -0.05) is 26.0 Å². The lowest BCUT2D eigenvalue weighted by molar-refractivity contribution is -0.137. The van der Waals surface area contributed by atoms with Crippen LogP contribution < -0.4 is 5.32 Å². The Balaban J connectivity index is 1.91. The van der Waals surface area contributed by atoms with Gasteiger partial charge in [-0.05, 0) is 61.4 Å². The van der Waals surface area contributed by atoms with Crippen LogP contribution in [0.3, 0.4) is 0 Å². The first-order valence-electron chi connectivity index (χ1n) is 7.26. The molecule has 0 radical (unpaired) electrons. The highest BCUT2D eigenvalue weighted by atomic mass is 19.4. The van der Waals surface area contributed by atoms with E-state index in [1.807, 2.05) is 0 Å².